The number of benzene rings is 1. The molecule has 1 aliphatic rings. The van der Waals surface area contributed by atoms with Crippen molar-refractivity contribution in [3.63, 3.8) is 0 Å². The van der Waals surface area contributed by atoms with E-state index >= 15 is 0 Å². The Morgan fingerprint density at radius 3 is 2.50 bits per heavy atom. The molecule has 1 aliphatic carbocycles. The van der Waals surface area contributed by atoms with Gasteiger partial charge >= 0.3 is 0 Å². The molecule has 1 saturated carbocycles. The lowest BCUT2D eigenvalue weighted by Gasteiger charge is -2.16. The van der Waals surface area contributed by atoms with Gasteiger partial charge in [-0.1, -0.05) is 0 Å². The molecule has 1 atom stereocenters. The van der Waals surface area contributed by atoms with Crippen LogP contribution in [0.3, 0.4) is 0 Å². The number of nitrogens with one attached hydrogen (secondary N) is 1. The van der Waals surface area contributed by atoms with Crippen molar-refractivity contribution < 1.29 is 17.9 Å². The van der Waals surface area contributed by atoms with E-state index in [1.165, 1.54) is 0 Å². The van der Waals surface area contributed by atoms with E-state index < -0.39 is 10.0 Å². The quantitative estimate of drug-likeness (QED) is 0.628. The molecule has 124 valence electrons. The van der Waals surface area contributed by atoms with Crippen molar-refractivity contribution in [3.8, 4) is 5.75 Å². The van der Waals surface area contributed by atoms with Gasteiger partial charge in [-0.25, -0.2) is 13.1 Å². The fourth-order valence-corrected chi connectivity index (χ4v) is 3.50. The highest BCUT2D eigenvalue weighted by molar-refractivity contribution is 7.89. The van der Waals surface area contributed by atoms with E-state index in [1.54, 1.807) is 24.3 Å². The van der Waals surface area contributed by atoms with E-state index in [-0.39, 0.29) is 10.9 Å². The maximum Gasteiger partial charge on any atom is 0.240 e. The summed E-state index contributed by atoms with van der Waals surface area (Å²) in [5, 5.41) is 0. The third-order valence-electron chi connectivity index (χ3n) is 3.59. The monoisotopic (exact) mass is 328 g/mol. The van der Waals surface area contributed by atoms with Crippen LogP contribution in [0, 0.1) is 5.92 Å². The molecular weight excluding hydrogens is 304 g/mol. The lowest BCUT2D eigenvalue weighted by atomic mass is 10.2. The molecule has 3 N–H and O–H groups in total. The van der Waals surface area contributed by atoms with Crippen LogP contribution in [0.25, 0.3) is 0 Å². The van der Waals surface area contributed by atoms with Gasteiger partial charge in [-0.15, -0.1) is 0 Å². The maximum atomic E-state index is 12.3. The Kier molecular flexibility index (Phi) is 6.19. The van der Waals surface area contributed by atoms with Gasteiger partial charge in [-0.05, 0) is 49.9 Å². The number of sulfonamides is 1. The number of rotatable bonds is 10. The Morgan fingerprint density at radius 1 is 1.27 bits per heavy atom. The van der Waals surface area contributed by atoms with Crippen LogP contribution in [0.15, 0.2) is 29.2 Å². The standard InChI is InChI=1S/C15H24N2O4S/c1-2-20-9-10-21-13-5-7-14(8-6-13)22(18,19)17-15(11-16)12-3-4-12/h5-8,12,15,17H,2-4,9-11,16H2,1H3. The second kappa shape index (κ2) is 7.92. The Labute approximate surface area is 132 Å². The van der Waals surface area contributed by atoms with Crippen molar-refractivity contribution in [2.75, 3.05) is 26.4 Å². The molecule has 0 radical (unpaired) electrons. The zero-order chi connectivity index (χ0) is 16.0. The number of ether oxygens (including phenoxy) is 2. The van der Waals surface area contributed by atoms with Gasteiger partial charge < -0.3 is 15.2 Å². The zero-order valence-corrected chi connectivity index (χ0v) is 13.6. The first-order valence-corrected chi connectivity index (χ1v) is 9.08. The van der Waals surface area contributed by atoms with Gasteiger partial charge in [0.15, 0.2) is 0 Å². The van der Waals surface area contributed by atoms with E-state index in [2.05, 4.69) is 4.72 Å². The molecule has 1 aromatic carbocycles. The Morgan fingerprint density at radius 2 is 1.95 bits per heavy atom. The van der Waals surface area contributed by atoms with Crippen LogP contribution in [0.5, 0.6) is 5.75 Å². The van der Waals surface area contributed by atoms with Gasteiger partial charge in [-0.3, -0.25) is 0 Å². The molecule has 0 heterocycles. The van der Waals surface area contributed by atoms with E-state index in [0.717, 1.165) is 12.8 Å². The third kappa shape index (κ3) is 4.95. The summed E-state index contributed by atoms with van der Waals surface area (Å²) in [6, 6.07) is 6.20. The number of hydrogen-bond donors (Lipinski definition) is 2. The van der Waals surface area contributed by atoms with Crippen LogP contribution in [-0.4, -0.2) is 40.8 Å². The van der Waals surface area contributed by atoms with Crippen molar-refractivity contribution in [1.29, 1.82) is 0 Å². The molecule has 1 unspecified atom stereocenters. The van der Waals surface area contributed by atoms with Gasteiger partial charge in [0, 0.05) is 19.2 Å². The summed E-state index contributed by atoms with van der Waals surface area (Å²) in [4.78, 5) is 0.226. The second-order valence-corrected chi connectivity index (χ2v) is 7.03. The van der Waals surface area contributed by atoms with Crippen molar-refractivity contribution in [3.05, 3.63) is 24.3 Å². The molecule has 7 heteroatoms. The molecule has 0 bridgehead atoms. The van der Waals surface area contributed by atoms with Crippen LogP contribution in [0.4, 0.5) is 0 Å². The molecule has 22 heavy (non-hydrogen) atoms. The Hall–Kier alpha value is -1.15. The first-order chi connectivity index (χ1) is 10.6. The van der Waals surface area contributed by atoms with Crippen molar-refractivity contribution in [1.82, 2.24) is 4.72 Å². The largest absolute Gasteiger partial charge is 0.491 e. The summed E-state index contributed by atoms with van der Waals surface area (Å²) in [7, 11) is -3.53. The van der Waals surface area contributed by atoms with Crippen molar-refractivity contribution in [2.24, 2.45) is 11.7 Å². The fourth-order valence-electron chi connectivity index (χ4n) is 2.18. The average molecular weight is 328 g/mol. The summed E-state index contributed by atoms with van der Waals surface area (Å²) in [5.74, 6) is 0.997. The molecule has 1 aromatic rings. The first-order valence-electron chi connectivity index (χ1n) is 7.60. The second-order valence-electron chi connectivity index (χ2n) is 5.32. The third-order valence-corrected chi connectivity index (χ3v) is 5.09. The predicted molar refractivity (Wildman–Crippen MR) is 84.3 cm³/mol. The van der Waals surface area contributed by atoms with Crippen molar-refractivity contribution in [2.45, 2.75) is 30.7 Å². The molecule has 1 fully saturated rings. The molecule has 0 spiro atoms. The van der Waals surface area contributed by atoms with Gasteiger partial charge in [-0.2, -0.15) is 0 Å². The van der Waals surface area contributed by atoms with Crippen molar-refractivity contribution >= 4 is 10.0 Å². The summed E-state index contributed by atoms with van der Waals surface area (Å²) < 4.78 is 38.0. The summed E-state index contributed by atoms with van der Waals surface area (Å²) in [6.07, 6.45) is 2.08. The highest BCUT2D eigenvalue weighted by atomic mass is 32.2. The summed E-state index contributed by atoms with van der Waals surface area (Å²) in [5.41, 5.74) is 5.64. The first kappa shape index (κ1) is 17.2. The van der Waals surface area contributed by atoms with Crippen LogP contribution in [0.2, 0.25) is 0 Å². The van der Waals surface area contributed by atoms with Gasteiger partial charge in [0.25, 0.3) is 0 Å². The lowest BCUT2D eigenvalue weighted by Crippen LogP contribution is -2.41. The van der Waals surface area contributed by atoms with Crippen LogP contribution < -0.4 is 15.2 Å². The maximum absolute atomic E-state index is 12.3. The summed E-state index contributed by atoms with van der Waals surface area (Å²) >= 11 is 0. The van der Waals surface area contributed by atoms with E-state index in [4.69, 9.17) is 15.2 Å². The van der Waals surface area contributed by atoms with Crippen LogP contribution in [0.1, 0.15) is 19.8 Å². The fraction of sp³-hybridized carbons (Fsp3) is 0.600. The topological polar surface area (TPSA) is 90.6 Å². The molecule has 0 aliphatic heterocycles. The van der Waals surface area contributed by atoms with Gasteiger partial charge in [0.2, 0.25) is 10.0 Å². The molecule has 0 aromatic heterocycles. The molecule has 2 rings (SSSR count). The smallest absolute Gasteiger partial charge is 0.240 e. The minimum Gasteiger partial charge on any atom is -0.491 e. The minimum absolute atomic E-state index is 0.174. The van der Waals surface area contributed by atoms with E-state index in [0.29, 0.717) is 38.0 Å². The van der Waals surface area contributed by atoms with Crippen LogP contribution in [-0.2, 0) is 14.8 Å². The number of hydrogen-bond acceptors (Lipinski definition) is 5. The number of nitrogens with two attached hydrogens (primary N) is 1. The summed E-state index contributed by atoms with van der Waals surface area (Å²) in [6.45, 7) is 3.84. The van der Waals surface area contributed by atoms with Gasteiger partial charge in [0.05, 0.1) is 11.5 Å². The lowest BCUT2D eigenvalue weighted by molar-refractivity contribution is 0.110. The molecular formula is C15H24N2O4S. The van der Waals surface area contributed by atoms with E-state index in [1.807, 2.05) is 6.92 Å². The predicted octanol–water partition coefficient (Wildman–Crippen LogP) is 1.12. The molecule has 0 saturated heterocycles. The SMILES string of the molecule is CCOCCOc1ccc(S(=O)(=O)NC(CN)C2CC2)cc1. The van der Waals surface area contributed by atoms with Crippen LogP contribution >= 0.6 is 0 Å². The van der Waals surface area contributed by atoms with E-state index in [9.17, 15) is 8.42 Å². The highest BCUT2D eigenvalue weighted by Gasteiger charge is 2.33. The zero-order valence-electron chi connectivity index (χ0n) is 12.8. The Bertz CT molecular complexity index is 555. The van der Waals surface area contributed by atoms with Gasteiger partial charge in [0.1, 0.15) is 12.4 Å². The molecule has 6 nitrogen and oxygen atoms in total. The average Bonchev–Trinajstić information content (AvgIpc) is 3.34. The molecule has 0 amide bonds. The minimum atomic E-state index is -3.53. The Balaban J connectivity index is 1.93. The highest BCUT2D eigenvalue weighted by Crippen LogP contribution is 2.33. The normalized spacial score (nSPS) is 16.5.